The molecule has 0 aromatic carbocycles. The van der Waals surface area contributed by atoms with Crippen LogP contribution in [0.5, 0.6) is 0 Å². The van der Waals surface area contributed by atoms with E-state index in [0.717, 1.165) is 13.0 Å². The zero-order valence-electron chi connectivity index (χ0n) is 13.2. The predicted molar refractivity (Wildman–Crippen MR) is 82.2 cm³/mol. The molecule has 1 atom stereocenters. The van der Waals surface area contributed by atoms with Crippen molar-refractivity contribution in [3.63, 3.8) is 0 Å². The van der Waals surface area contributed by atoms with Crippen LogP contribution in [0.1, 0.15) is 23.8 Å². The van der Waals surface area contributed by atoms with Crippen LogP contribution in [0.2, 0.25) is 0 Å². The number of ether oxygens (including phenoxy) is 1. The maximum Gasteiger partial charge on any atom is 0.270 e. The minimum absolute atomic E-state index is 0.0982. The summed E-state index contributed by atoms with van der Waals surface area (Å²) in [6, 6.07) is 1.42. The van der Waals surface area contributed by atoms with E-state index in [-0.39, 0.29) is 10.8 Å². The number of rotatable bonds is 6. The number of hydrogen-bond donors (Lipinski definition) is 1. The lowest BCUT2D eigenvalue weighted by molar-refractivity contribution is 0.0721. The van der Waals surface area contributed by atoms with Crippen LogP contribution in [0.4, 0.5) is 0 Å². The summed E-state index contributed by atoms with van der Waals surface area (Å²) in [5, 5.41) is 0. The summed E-state index contributed by atoms with van der Waals surface area (Å²) in [5.74, 6) is 0.194. The van der Waals surface area contributed by atoms with E-state index in [1.807, 2.05) is 6.92 Å². The van der Waals surface area contributed by atoms with Gasteiger partial charge in [0.2, 0.25) is 10.0 Å². The molecule has 0 saturated carbocycles. The average molecular weight is 329 g/mol. The molecule has 0 aliphatic carbocycles. The summed E-state index contributed by atoms with van der Waals surface area (Å²) in [6.07, 6.45) is 2.40. The van der Waals surface area contributed by atoms with Gasteiger partial charge in [0.1, 0.15) is 10.6 Å². The van der Waals surface area contributed by atoms with E-state index in [1.54, 1.807) is 16.5 Å². The maximum atomic E-state index is 12.7. The van der Waals surface area contributed by atoms with Gasteiger partial charge in [-0.15, -0.1) is 0 Å². The zero-order valence-corrected chi connectivity index (χ0v) is 14.0. The Morgan fingerprint density at radius 3 is 2.82 bits per heavy atom. The number of sulfonamides is 1. The Hall–Kier alpha value is -1.38. The molecule has 1 amide bonds. The van der Waals surface area contributed by atoms with Gasteiger partial charge in [0.15, 0.2) is 0 Å². The molecular weight excluding hydrogens is 306 g/mol. The largest absolute Gasteiger partial charge is 0.381 e. The second-order valence-electron chi connectivity index (χ2n) is 5.45. The first-order chi connectivity index (χ1) is 10.4. The smallest absolute Gasteiger partial charge is 0.270 e. The Morgan fingerprint density at radius 2 is 2.27 bits per heavy atom. The predicted octanol–water partition coefficient (Wildman–Crippen LogP) is 0.432. The number of aromatic nitrogens is 1. The van der Waals surface area contributed by atoms with Crippen LogP contribution in [-0.2, 0) is 21.8 Å². The summed E-state index contributed by atoms with van der Waals surface area (Å²) in [6.45, 7) is 4.55. The van der Waals surface area contributed by atoms with Crippen molar-refractivity contribution in [3.8, 4) is 0 Å². The first-order valence-electron chi connectivity index (χ1n) is 7.36. The van der Waals surface area contributed by atoms with Gasteiger partial charge in [-0.2, -0.15) is 0 Å². The third-order valence-corrected chi connectivity index (χ3v) is 5.33. The minimum atomic E-state index is -3.55. The molecule has 7 nitrogen and oxygen atoms in total. The van der Waals surface area contributed by atoms with Gasteiger partial charge in [0.05, 0.1) is 6.61 Å². The number of carbonyl (C=O) groups excluding carboxylic acids is 1. The Bertz CT molecular complexity index is 633. The van der Waals surface area contributed by atoms with Crippen LogP contribution in [-0.4, -0.2) is 57.1 Å². The number of nitrogens with one attached hydrogen (secondary N) is 1. The van der Waals surface area contributed by atoms with E-state index in [0.29, 0.717) is 31.3 Å². The molecule has 1 aromatic rings. The number of nitrogens with zero attached hydrogens (tertiary/aromatic N) is 2. The zero-order chi connectivity index (χ0) is 16.3. The fourth-order valence-corrected chi connectivity index (χ4v) is 3.37. The molecule has 124 valence electrons. The highest BCUT2D eigenvalue weighted by molar-refractivity contribution is 7.89. The van der Waals surface area contributed by atoms with Crippen LogP contribution in [0.25, 0.3) is 0 Å². The molecule has 0 bridgehead atoms. The molecule has 1 N–H and O–H groups in total. The van der Waals surface area contributed by atoms with E-state index >= 15 is 0 Å². The highest BCUT2D eigenvalue weighted by Crippen LogP contribution is 2.18. The Labute approximate surface area is 131 Å². The third-order valence-electron chi connectivity index (χ3n) is 3.95. The summed E-state index contributed by atoms with van der Waals surface area (Å²) < 4.78 is 32.8. The molecule has 1 fully saturated rings. The molecule has 0 unspecified atom stereocenters. The maximum absolute atomic E-state index is 12.7. The van der Waals surface area contributed by atoms with Crippen molar-refractivity contribution in [2.45, 2.75) is 18.2 Å². The van der Waals surface area contributed by atoms with Crippen LogP contribution in [0.3, 0.4) is 0 Å². The van der Waals surface area contributed by atoms with Crippen LogP contribution < -0.4 is 4.72 Å². The molecular formula is C14H23N3O4S. The summed E-state index contributed by atoms with van der Waals surface area (Å²) in [5.41, 5.74) is 0.370. The number of amides is 1. The highest BCUT2D eigenvalue weighted by atomic mass is 32.2. The minimum Gasteiger partial charge on any atom is -0.381 e. The van der Waals surface area contributed by atoms with E-state index in [2.05, 4.69) is 4.72 Å². The summed E-state index contributed by atoms with van der Waals surface area (Å²) in [4.78, 5) is 14.5. The van der Waals surface area contributed by atoms with Crippen LogP contribution in [0, 0.1) is 5.92 Å². The number of hydrogen-bond acceptors (Lipinski definition) is 4. The van der Waals surface area contributed by atoms with Crippen molar-refractivity contribution in [2.24, 2.45) is 13.0 Å². The lowest BCUT2D eigenvalue weighted by Crippen LogP contribution is -2.36. The Morgan fingerprint density at radius 1 is 1.55 bits per heavy atom. The van der Waals surface area contributed by atoms with Crippen LogP contribution in [0.15, 0.2) is 17.2 Å². The lowest BCUT2D eigenvalue weighted by Gasteiger charge is -2.23. The van der Waals surface area contributed by atoms with Gasteiger partial charge in [0.25, 0.3) is 5.91 Å². The van der Waals surface area contributed by atoms with Gasteiger partial charge in [-0.3, -0.25) is 4.79 Å². The Kier molecular flexibility index (Phi) is 5.25. The molecule has 1 aromatic heterocycles. The first kappa shape index (κ1) is 17.0. The van der Waals surface area contributed by atoms with Crippen molar-refractivity contribution in [2.75, 3.05) is 33.4 Å². The van der Waals surface area contributed by atoms with Gasteiger partial charge in [0, 0.05) is 38.9 Å². The van der Waals surface area contributed by atoms with Crippen molar-refractivity contribution in [1.29, 1.82) is 0 Å². The van der Waals surface area contributed by atoms with Crippen molar-refractivity contribution >= 4 is 15.9 Å². The van der Waals surface area contributed by atoms with Gasteiger partial charge >= 0.3 is 0 Å². The highest BCUT2D eigenvalue weighted by Gasteiger charge is 2.25. The van der Waals surface area contributed by atoms with Crippen molar-refractivity contribution in [1.82, 2.24) is 14.2 Å². The van der Waals surface area contributed by atoms with E-state index in [9.17, 15) is 13.2 Å². The lowest BCUT2D eigenvalue weighted by atomic mass is 10.1. The number of carbonyl (C=O) groups is 1. The van der Waals surface area contributed by atoms with E-state index in [1.165, 1.54) is 19.3 Å². The molecule has 2 rings (SSSR count). The van der Waals surface area contributed by atoms with Crippen molar-refractivity contribution < 1.29 is 17.9 Å². The molecule has 8 heteroatoms. The molecule has 2 heterocycles. The monoisotopic (exact) mass is 329 g/mol. The topological polar surface area (TPSA) is 80.6 Å². The fourth-order valence-electron chi connectivity index (χ4n) is 2.57. The van der Waals surface area contributed by atoms with E-state index in [4.69, 9.17) is 4.74 Å². The molecule has 22 heavy (non-hydrogen) atoms. The second-order valence-corrected chi connectivity index (χ2v) is 7.34. The van der Waals surface area contributed by atoms with Gasteiger partial charge < -0.3 is 14.2 Å². The normalized spacial score (nSPS) is 18.6. The fraction of sp³-hybridized carbons (Fsp3) is 0.643. The standard InChI is InChI=1S/C14H23N3O4S/c1-4-17(8-11-5-6-21-10-11)14(18)13-7-12(9-16(13)3)22(19,20)15-2/h7,9,11,15H,4-6,8,10H2,1-3H3/t11-/m0/s1. The van der Waals surface area contributed by atoms with Crippen molar-refractivity contribution in [3.05, 3.63) is 18.0 Å². The SMILES string of the molecule is CCN(C[C@@H]1CCOC1)C(=O)c1cc(S(=O)(=O)NC)cn1C. The summed E-state index contributed by atoms with van der Waals surface area (Å²) in [7, 11) is -0.525. The molecule has 1 aliphatic heterocycles. The third kappa shape index (κ3) is 3.50. The van der Waals surface area contributed by atoms with E-state index < -0.39 is 10.0 Å². The van der Waals surface area contributed by atoms with Gasteiger partial charge in [-0.1, -0.05) is 0 Å². The van der Waals surface area contributed by atoms with Crippen LogP contribution >= 0.6 is 0 Å². The van der Waals surface area contributed by atoms with Gasteiger partial charge in [-0.25, -0.2) is 13.1 Å². The van der Waals surface area contributed by atoms with Gasteiger partial charge in [-0.05, 0) is 26.5 Å². The molecule has 0 spiro atoms. The second kappa shape index (κ2) is 6.80. The molecule has 1 aliphatic rings. The quantitative estimate of drug-likeness (QED) is 0.821. The first-order valence-corrected chi connectivity index (χ1v) is 8.84. The number of aryl methyl sites for hydroxylation is 1. The average Bonchev–Trinajstić information content (AvgIpc) is 3.13. The summed E-state index contributed by atoms with van der Waals surface area (Å²) >= 11 is 0. The molecule has 1 saturated heterocycles. The molecule has 0 radical (unpaired) electrons. The Balaban J connectivity index is 2.20.